The van der Waals surface area contributed by atoms with Gasteiger partial charge in [-0.3, -0.25) is 0 Å². The summed E-state index contributed by atoms with van der Waals surface area (Å²) in [6, 6.07) is 13.2. The van der Waals surface area contributed by atoms with Crippen LogP contribution in [0.15, 0.2) is 36.4 Å². The number of unbranched alkanes of at least 4 members (excludes halogenated alkanes) is 1. The Morgan fingerprint density at radius 3 is 2.71 bits per heavy atom. The molecule has 0 aliphatic heterocycles. The second-order valence-electron chi connectivity index (χ2n) is 4.82. The first kappa shape index (κ1) is 12.1. The number of aryl methyl sites for hydroxylation is 1. The lowest BCUT2D eigenvalue weighted by Crippen LogP contribution is -2.10. The summed E-state index contributed by atoms with van der Waals surface area (Å²) in [5.74, 6) is 0. The number of rotatable bonds is 4. The molecule has 1 atom stereocenters. The third-order valence-corrected chi connectivity index (χ3v) is 3.31. The molecule has 0 aliphatic rings. The third kappa shape index (κ3) is 2.67. The second kappa shape index (κ2) is 5.33. The lowest BCUT2D eigenvalue weighted by atomic mass is 9.94. The second-order valence-corrected chi connectivity index (χ2v) is 4.82. The fraction of sp³-hybridized carbons (Fsp3) is 0.375. The monoisotopic (exact) mass is 227 g/mol. The molecule has 0 saturated heterocycles. The zero-order valence-corrected chi connectivity index (χ0v) is 10.7. The minimum absolute atomic E-state index is 0.166. The predicted molar refractivity (Wildman–Crippen MR) is 75.1 cm³/mol. The molecule has 0 fully saturated rings. The Bertz CT molecular complexity index is 502. The van der Waals surface area contributed by atoms with Gasteiger partial charge in [-0.25, -0.2) is 0 Å². The van der Waals surface area contributed by atoms with Gasteiger partial charge < -0.3 is 5.73 Å². The van der Waals surface area contributed by atoms with Gasteiger partial charge in [0.2, 0.25) is 0 Å². The van der Waals surface area contributed by atoms with E-state index in [1.54, 1.807) is 0 Å². The van der Waals surface area contributed by atoms with Gasteiger partial charge in [0.15, 0.2) is 0 Å². The molecule has 0 radical (unpaired) electrons. The number of hydrogen-bond donors (Lipinski definition) is 1. The highest BCUT2D eigenvalue weighted by atomic mass is 14.6. The first-order valence-electron chi connectivity index (χ1n) is 6.47. The van der Waals surface area contributed by atoms with Crippen molar-refractivity contribution in [3.05, 3.63) is 47.5 Å². The molecule has 1 unspecified atom stereocenters. The van der Waals surface area contributed by atoms with Gasteiger partial charge in [-0.05, 0) is 29.7 Å². The van der Waals surface area contributed by atoms with Crippen molar-refractivity contribution in [1.82, 2.24) is 0 Å². The molecule has 17 heavy (non-hydrogen) atoms. The fourth-order valence-corrected chi connectivity index (χ4v) is 2.38. The Hall–Kier alpha value is -1.34. The van der Waals surface area contributed by atoms with Gasteiger partial charge in [0, 0.05) is 6.04 Å². The van der Waals surface area contributed by atoms with E-state index in [-0.39, 0.29) is 6.04 Å². The lowest BCUT2D eigenvalue weighted by molar-refractivity contribution is 0.606. The maximum Gasteiger partial charge on any atom is 0.0301 e. The summed E-state index contributed by atoms with van der Waals surface area (Å²) in [5.41, 5.74) is 8.91. The molecule has 2 rings (SSSR count). The third-order valence-electron chi connectivity index (χ3n) is 3.31. The first-order chi connectivity index (χ1) is 8.22. The first-order valence-corrected chi connectivity index (χ1v) is 6.47. The SMILES string of the molecule is CCCCC(N)c1cc(C)cc2ccccc12. The van der Waals surface area contributed by atoms with Crippen molar-refractivity contribution in [3.63, 3.8) is 0 Å². The molecule has 1 heteroatoms. The quantitative estimate of drug-likeness (QED) is 0.826. The van der Waals surface area contributed by atoms with E-state index in [1.807, 2.05) is 0 Å². The van der Waals surface area contributed by atoms with Crippen LogP contribution in [0.1, 0.15) is 43.4 Å². The molecule has 2 aromatic rings. The van der Waals surface area contributed by atoms with E-state index in [2.05, 4.69) is 50.2 Å². The zero-order chi connectivity index (χ0) is 12.3. The van der Waals surface area contributed by atoms with Crippen LogP contribution in [0, 0.1) is 6.92 Å². The summed E-state index contributed by atoms with van der Waals surface area (Å²) in [6.07, 6.45) is 3.48. The van der Waals surface area contributed by atoms with Gasteiger partial charge in [-0.2, -0.15) is 0 Å². The van der Waals surface area contributed by atoms with Crippen molar-refractivity contribution < 1.29 is 0 Å². The van der Waals surface area contributed by atoms with E-state index < -0.39 is 0 Å². The van der Waals surface area contributed by atoms with Crippen LogP contribution in [-0.4, -0.2) is 0 Å². The Morgan fingerprint density at radius 2 is 1.94 bits per heavy atom. The van der Waals surface area contributed by atoms with Crippen molar-refractivity contribution in [2.24, 2.45) is 5.73 Å². The molecular formula is C16H21N. The number of benzene rings is 2. The molecule has 0 bridgehead atoms. The van der Waals surface area contributed by atoms with Crippen molar-refractivity contribution in [2.75, 3.05) is 0 Å². The van der Waals surface area contributed by atoms with E-state index in [0.717, 1.165) is 6.42 Å². The highest BCUT2D eigenvalue weighted by Gasteiger charge is 2.09. The largest absolute Gasteiger partial charge is 0.324 e. The molecule has 0 saturated carbocycles. The van der Waals surface area contributed by atoms with Gasteiger partial charge in [0.1, 0.15) is 0 Å². The van der Waals surface area contributed by atoms with Crippen molar-refractivity contribution in [2.45, 2.75) is 39.2 Å². The molecule has 0 aromatic heterocycles. The van der Waals surface area contributed by atoms with Crippen LogP contribution < -0.4 is 5.73 Å². The Balaban J connectivity index is 2.44. The van der Waals surface area contributed by atoms with Crippen LogP contribution in [0.2, 0.25) is 0 Å². The van der Waals surface area contributed by atoms with Crippen LogP contribution >= 0.6 is 0 Å². The predicted octanol–water partition coefficient (Wildman–Crippen LogP) is 4.34. The summed E-state index contributed by atoms with van der Waals surface area (Å²) in [5, 5.41) is 2.61. The van der Waals surface area contributed by atoms with Crippen molar-refractivity contribution >= 4 is 10.8 Å². The van der Waals surface area contributed by atoms with Gasteiger partial charge in [0.25, 0.3) is 0 Å². The summed E-state index contributed by atoms with van der Waals surface area (Å²) in [4.78, 5) is 0. The minimum atomic E-state index is 0.166. The Morgan fingerprint density at radius 1 is 1.18 bits per heavy atom. The number of hydrogen-bond acceptors (Lipinski definition) is 1. The Labute approximate surface area is 104 Å². The van der Waals surface area contributed by atoms with Crippen molar-refractivity contribution in [3.8, 4) is 0 Å². The van der Waals surface area contributed by atoms with E-state index >= 15 is 0 Å². The summed E-state index contributed by atoms with van der Waals surface area (Å²) in [6.45, 7) is 4.35. The zero-order valence-electron chi connectivity index (χ0n) is 10.7. The van der Waals surface area contributed by atoms with E-state index in [9.17, 15) is 0 Å². The summed E-state index contributed by atoms with van der Waals surface area (Å²) in [7, 11) is 0. The lowest BCUT2D eigenvalue weighted by Gasteiger charge is -2.15. The van der Waals surface area contributed by atoms with Crippen molar-refractivity contribution in [1.29, 1.82) is 0 Å². The Kier molecular flexibility index (Phi) is 3.80. The van der Waals surface area contributed by atoms with Gasteiger partial charge in [-0.15, -0.1) is 0 Å². The maximum absolute atomic E-state index is 6.32. The molecule has 2 N–H and O–H groups in total. The average Bonchev–Trinajstić information content (AvgIpc) is 2.34. The summed E-state index contributed by atoms with van der Waals surface area (Å²) >= 11 is 0. The van der Waals surface area contributed by atoms with E-state index in [1.165, 1.54) is 34.7 Å². The van der Waals surface area contributed by atoms with Gasteiger partial charge in [0.05, 0.1) is 0 Å². The molecule has 0 heterocycles. The standard InChI is InChI=1S/C16H21N/c1-3-4-9-16(17)15-11-12(2)10-13-7-5-6-8-14(13)15/h5-8,10-11,16H,3-4,9,17H2,1-2H3. The van der Waals surface area contributed by atoms with Crippen LogP contribution in [0.25, 0.3) is 10.8 Å². The molecule has 2 aromatic carbocycles. The van der Waals surface area contributed by atoms with Crippen LogP contribution in [-0.2, 0) is 0 Å². The normalized spacial score (nSPS) is 12.9. The fourth-order valence-electron chi connectivity index (χ4n) is 2.38. The molecule has 0 amide bonds. The van der Waals surface area contributed by atoms with E-state index in [0.29, 0.717) is 0 Å². The summed E-state index contributed by atoms with van der Waals surface area (Å²) < 4.78 is 0. The van der Waals surface area contributed by atoms with Gasteiger partial charge >= 0.3 is 0 Å². The number of nitrogens with two attached hydrogens (primary N) is 1. The molecule has 0 aliphatic carbocycles. The van der Waals surface area contributed by atoms with E-state index in [4.69, 9.17) is 5.73 Å². The topological polar surface area (TPSA) is 26.0 Å². The highest BCUT2D eigenvalue weighted by Crippen LogP contribution is 2.27. The molecule has 1 nitrogen and oxygen atoms in total. The number of fused-ring (bicyclic) bond motifs is 1. The van der Waals surface area contributed by atoms with Crippen LogP contribution in [0.4, 0.5) is 0 Å². The average molecular weight is 227 g/mol. The van der Waals surface area contributed by atoms with Crippen LogP contribution in [0.3, 0.4) is 0 Å². The minimum Gasteiger partial charge on any atom is -0.324 e. The molecule has 90 valence electrons. The highest BCUT2D eigenvalue weighted by molar-refractivity contribution is 5.86. The maximum atomic E-state index is 6.32. The molecular weight excluding hydrogens is 206 g/mol. The molecule has 0 spiro atoms. The van der Waals surface area contributed by atoms with Gasteiger partial charge in [-0.1, -0.05) is 61.7 Å². The van der Waals surface area contributed by atoms with Crippen LogP contribution in [0.5, 0.6) is 0 Å². The smallest absolute Gasteiger partial charge is 0.0301 e.